The Bertz CT molecular complexity index is 716. The SMILES string of the molecule is COc1ccc(-c2ccn(CC3CCCCC3)n2)cc1OC1CCOC1. The second-order valence-electron chi connectivity index (χ2n) is 7.40. The van der Waals surface area contributed by atoms with Crippen LogP contribution in [0.4, 0.5) is 0 Å². The minimum absolute atomic E-state index is 0.100. The predicted molar refractivity (Wildman–Crippen MR) is 101 cm³/mol. The summed E-state index contributed by atoms with van der Waals surface area (Å²) < 4.78 is 19.1. The molecule has 0 N–H and O–H groups in total. The minimum atomic E-state index is 0.100. The van der Waals surface area contributed by atoms with Crippen molar-refractivity contribution in [3.63, 3.8) is 0 Å². The molecule has 1 aromatic heterocycles. The maximum Gasteiger partial charge on any atom is 0.162 e. The van der Waals surface area contributed by atoms with Crippen LogP contribution in [0, 0.1) is 5.92 Å². The Kier molecular flexibility index (Phi) is 5.44. The van der Waals surface area contributed by atoms with Gasteiger partial charge in [0, 0.05) is 24.7 Å². The first kappa shape index (κ1) is 17.4. The summed E-state index contributed by atoms with van der Waals surface area (Å²) in [6, 6.07) is 8.13. The van der Waals surface area contributed by atoms with E-state index in [1.807, 2.05) is 18.2 Å². The molecule has 5 heteroatoms. The molecule has 2 heterocycles. The van der Waals surface area contributed by atoms with E-state index in [9.17, 15) is 0 Å². The van der Waals surface area contributed by atoms with Crippen LogP contribution in [0.15, 0.2) is 30.5 Å². The van der Waals surface area contributed by atoms with Gasteiger partial charge in [-0.15, -0.1) is 0 Å². The normalized spacial score (nSPS) is 21.0. The molecule has 2 aromatic rings. The second kappa shape index (κ2) is 8.12. The van der Waals surface area contributed by atoms with E-state index in [2.05, 4.69) is 16.9 Å². The van der Waals surface area contributed by atoms with Gasteiger partial charge in [-0.2, -0.15) is 5.10 Å². The van der Waals surface area contributed by atoms with E-state index in [1.54, 1.807) is 7.11 Å². The molecular formula is C21H28N2O3. The lowest BCUT2D eigenvalue weighted by molar-refractivity contribution is 0.138. The second-order valence-corrected chi connectivity index (χ2v) is 7.40. The third-order valence-corrected chi connectivity index (χ3v) is 5.45. The predicted octanol–water partition coefficient (Wildman–Crippen LogP) is 4.31. The van der Waals surface area contributed by atoms with Crippen molar-refractivity contribution in [1.29, 1.82) is 0 Å². The molecule has 4 rings (SSSR count). The van der Waals surface area contributed by atoms with Gasteiger partial charge >= 0.3 is 0 Å². The highest BCUT2D eigenvalue weighted by atomic mass is 16.6. The van der Waals surface area contributed by atoms with Crippen molar-refractivity contribution >= 4 is 0 Å². The van der Waals surface area contributed by atoms with Gasteiger partial charge < -0.3 is 14.2 Å². The zero-order valence-electron chi connectivity index (χ0n) is 15.5. The fourth-order valence-corrected chi connectivity index (χ4v) is 3.97. The topological polar surface area (TPSA) is 45.5 Å². The van der Waals surface area contributed by atoms with Gasteiger partial charge in [0.1, 0.15) is 6.10 Å². The van der Waals surface area contributed by atoms with Crippen LogP contribution in [0.25, 0.3) is 11.3 Å². The molecule has 1 aliphatic heterocycles. The molecule has 0 amide bonds. The Hall–Kier alpha value is -2.01. The van der Waals surface area contributed by atoms with E-state index in [0.29, 0.717) is 6.61 Å². The zero-order chi connectivity index (χ0) is 17.8. The first-order chi connectivity index (χ1) is 12.8. The summed E-state index contributed by atoms with van der Waals surface area (Å²) in [6.07, 6.45) is 9.90. The van der Waals surface area contributed by atoms with E-state index in [4.69, 9.17) is 19.3 Å². The molecular weight excluding hydrogens is 328 g/mol. The van der Waals surface area contributed by atoms with Gasteiger partial charge in [-0.25, -0.2) is 0 Å². The van der Waals surface area contributed by atoms with Crippen LogP contribution in [0.5, 0.6) is 11.5 Å². The molecule has 1 saturated heterocycles. The third kappa shape index (κ3) is 4.04. The van der Waals surface area contributed by atoms with Crippen molar-refractivity contribution in [1.82, 2.24) is 9.78 Å². The number of nitrogens with zero attached hydrogens (tertiary/aromatic N) is 2. The van der Waals surface area contributed by atoms with Crippen molar-refractivity contribution in [3.05, 3.63) is 30.5 Å². The Morgan fingerprint density at radius 1 is 1.12 bits per heavy atom. The van der Waals surface area contributed by atoms with Crippen molar-refractivity contribution in [2.45, 2.75) is 51.2 Å². The van der Waals surface area contributed by atoms with Crippen LogP contribution in [-0.2, 0) is 11.3 Å². The van der Waals surface area contributed by atoms with Crippen LogP contribution >= 0.6 is 0 Å². The number of ether oxygens (including phenoxy) is 3. The Morgan fingerprint density at radius 2 is 2.00 bits per heavy atom. The average molecular weight is 356 g/mol. The smallest absolute Gasteiger partial charge is 0.162 e. The average Bonchev–Trinajstić information content (AvgIpc) is 3.35. The summed E-state index contributed by atoms with van der Waals surface area (Å²) in [7, 11) is 1.67. The largest absolute Gasteiger partial charge is 0.493 e. The van der Waals surface area contributed by atoms with E-state index >= 15 is 0 Å². The van der Waals surface area contributed by atoms with E-state index in [-0.39, 0.29) is 6.10 Å². The van der Waals surface area contributed by atoms with Gasteiger partial charge in [0.25, 0.3) is 0 Å². The van der Waals surface area contributed by atoms with E-state index in [1.165, 1.54) is 32.1 Å². The molecule has 1 aromatic carbocycles. The van der Waals surface area contributed by atoms with Crippen LogP contribution in [0.1, 0.15) is 38.5 Å². The molecule has 0 bridgehead atoms. The molecule has 2 fully saturated rings. The van der Waals surface area contributed by atoms with Crippen LogP contribution in [0.3, 0.4) is 0 Å². The standard InChI is InChI=1S/C21H28N2O3/c1-24-20-8-7-17(13-21(20)26-18-10-12-25-15-18)19-9-11-23(22-19)14-16-5-3-2-4-6-16/h7-9,11,13,16,18H,2-6,10,12,14-15H2,1H3. The summed E-state index contributed by atoms with van der Waals surface area (Å²) in [4.78, 5) is 0. The highest BCUT2D eigenvalue weighted by Gasteiger charge is 2.20. The fourth-order valence-electron chi connectivity index (χ4n) is 3.97. The van der Waals surface area contributed by atoms with Crippen LogP contribution in [0.2, 0.25) is 0 Å². The van der Waals surface area contributed by atoms with Crippen LogP contribution in [-0.4, -0.2) is 36.2 Å². The van der Waals surface area contributed by atoms with Crippen molar-refractivity contribution < 1.29 is 14.2 Å². The Labute approximate surface area is 155 Å². The molecule has 0 spiro atoms. The lowest BCUT2D eigenvalue weighted by Crippen LogP contribution is -2.16. The highest BCUT2D eigenvalue weighted by Crippen LogP contribution is 2.34. The maximum atomic E-state index is 6.10. The monoisotopic (exact) mass is 356 g/mol. The fraction of sp³-hybridized carbons (Fsp3) is 0.571. The number of hydrogen-bond acceptors (Lipinski definition) is 4. The number of benzene rings is 1. The minimum Gasteiger partial charge on any atom is -0.493 e. The van der Waals surface area contributed by atoms with Crippen LogP contribution < -0.4 is 9.47 Å². The van der Waals surface area contributed by atoms with E-state index in [0.717, 1.165) is 48.2 Å². The summed E-state index contributed by atoms with van der Waals surface area (Å²) in [5.74, 6) is 2.29. The number of rotatable bonds is 6. The molecule has 26 heavy (non-hydrogen) atoms. The first-order valence-corrected chi connectivity index (χ1v) is 9.78. The molecule has 1 unspecified atom stereocenters. The van der Waals surface area contributed by atoms with Crippen molar-refractivity contribution in [2.24, 2.45) is 5.92 Å². The van der Waals surface area contributed by atoms with E-state index < -0.39 is 0 Å². The van der Waals surface area contributed by atoms with Gasteiger partial charge in [-0.05, 0) is 43.0 Å². The lowest BCUT2D eigenvalue weighted by Gasteiger charge is -2.21. The summed E-state index contributed by atoms with van der Waals surface area (Å²) >= 11 is 0. The third-order valence-electron chi connectivity index (χ3n) is 5.45. The quantitative estimate of drug-likeness (QED) is 0.774. The molecule has 1 aliphatic carbocycles. The summed E-state index contributed by atoms with van der Waals surface area (Å²) in [6.45, 7) is 2.43. The lowest BCUT2D eigenvalue weighted by atomic mass is 9.89. The number of hydrogen-bond donors (Lipinski definition) is 0. The molecule has 2 aliphatic rings. The molecule has 1 saturated carbocycles. The Balaban J connectivity index is 1.49. The van der Waals surface area contributed by atoms with Gasteiger partial charge in [-0.1, -0.05) is 19.3 Å². The zero-order valence-corrected chi connectivity index (χ0v) is 15.5. The highest BCUT2D eigenvalue weighted by molar-refractivity contribution is 5.63. The van der Waals surface area contributed by atoms with Gasteiger partial charge in [0.15, 0.2) is 11.5 Å². The summed E-state index contributed by atoms with van der Waals surface area (Å²) in [5, 5.41) is 4.80. The molecule has 0 radical (unpaired) electrons. The van der Waals surface area contributed by atoms with Gasteiger partial charge in [0.2, 0.25) is 0 Å². The first-order valence-electron chi connectivity index (χ1n) is 9.78. The Morgan fingerprint density at radius 3 is 2.77 bits per heavy atom. The molecule has 5 nitrogen and oxygen atoms in total. The van der Waals surface area contributed by atoms with Crippen molar-refractivity contribution in [3.8, 4) is 22.8 Å². The van der Waals surface area contributed by atoms with Gasteiger partial charge in [-0.3, -0.25) is 4.68 Å². The summed E-state index contributed by atoms with van der Waals surface area (Å²) in [5.41, 5.74) is 2.04. The number of methoxy groups -OCH3 is 1. The number of aromatic nitrogens is 2. The van der Waals surface area contributed by atoms with Crippen molar-refractivity contribution in [2.75, 3.05) is 20.3 Å². The molecule has 140 valence electrons. The molecule has 1 atom stereocenters. The maximum absolute atomic E-state index is 6.10. The van der Waals surface area contributed by atoms with Gasteiger partial charge in [0.05, 0.1) is 26.0 Å².